The Balaban J connectivity index is 5.03. The minimum atomic E-state index is -1.69. The van der Waals surface area contributed by atoms with Crippen molar-refractivity contribution in [1.29, 1.82) is 0 Å². The largest absolute Gasteiger partial charge is 0.519 e. The molecular weight excluding hydrogens is 308 g/mol. The molecule has 0 spiro atoms. The van der Waals surface area contributed by atoms with Crippen LogP contribution in [0.5, 0.6) is 0 Å². The molecule has 0 aliphatic carbocycles. The summed E-state index contributed by atoms with van der Waals surface area (Å²) in [5, 5.41) is 0. The first kappa shape index (κ1) is 21.7. The van der Waals surface area contributed by atoms with Crippen molar-refractivity contribution in [1.82, 2.24) is 0 Å². The molecule has 3 nitrogen and oxygen atoms in total. The van der Waals surface area contributed by atoms with Gasteiger partial charge < -0.3 is 13.6 Å². The van der Waals surface area contributed by atoms with Gasteiger partial charge >= 0.3 is 0 Å². The van der Waals surface area contributed by atoms with Crippen LogP contribution in [0.2, 0.25) is 36.3 Å². The summed E-state index contributed by atoms with van der Waals surface area (Å²) in [4.78, 5) is 0. The highest BCUT2D eigenvalue weighted by atomic mass is 28.4. The molecule has 0 aliphatic rings. The molecule has 132 valence electrons. The minimum Gasteiger partial charge on any atom is -0.519 e. The topological polar surface area (TPSA) is 27.7 Å². The SMILES string of the molecule is CC[Si](CC)(CC)O/C(=C/C(C)O[Si](CC)(CC)CC)OC. The Morgan fingerprint density at radius 2 is 1.23 bits per heavy atom. The van der Waals surface area contributed by atoms with Crippen LogP contribution >= 0.6 is 0 Å². The molecule has 22 heavy (non-hydrogen) atoms. The predicted molar refractivity (Wildman–Crippen MR) is 101 cm³/mol. The van der Waals surface area contributed by atoms with Gasteiger partial charge in [-0.2, -0.15) is 0 Å². The van der Waals surface area contributed by atoms with Crippen LogP contribution in [0.15, 0.2) is 12.0 Å². The summed E-state index contributed by atoms with van der Waals surface area (Å²) in [6, 6.07) is 6.85. The van der Waals surface area contributed by atoms with E-state index in [1.54, 1.807) is 7.11 Å². The van der Waals surface area contributed by atoms with Crippen LogP contribution in [0.25, 0.3) is 0 Å². The number of hydrogen-bond donors (Lipinski definition) is 0. The van der Waals surface area contributed by atoms with Crippen LogP contribution in [0, 0.1) is 0 Å². The third kappa shape index (κ3) is 6.09. The van der Waals surface area contributed by atoms with Crippen molar-refractivity contribution >= 4 is 16.6 Å². The van der Waals surface area contributed by atoms with E-state index in [2.05, 4.69) is 48.5 Å². The van der Waals surface area contributed by atoms with E-state index in [1.165, 1.54) is 18.1 Å². The fraction of sp³-hybridized carbons (Fsp3) is 0.882. The molecule has 1 atom stereocenters. The Kier molecular flexibility index (Phi) is 10.4. The molecule has 0 aliphatic heterocycles. The van der Waals surface area contributed by atoms with Crippen LogP contribution in [-0.4, -0.2) is 29.8 Å². The van der Waals surface area contributed by atoms with Gasteiger partial charge in [0.05, 0.1) is 13.2 Å². The monoisotopic (exact) mass is 346 g/mol. The lowest BCUT2D eigenvalue weighted by Crippen LogP contribution is -2.39. The molecule has 0 aromatic carbocycles. The van der Waals surface area contributed by atoms with Crippen LogP contribution in [0.1, 0.15) is 48.5 Å². The third-order valence-electron chi connectivity index (χ3n) is 5.19. The summed E-state index contributed by atoms with van der Waals surface area (Å²) in [6.45, 7) is 15.6. The fourth-order valence-corrected chi connectivity index (χ4v) is 8.31. The summed E-state index contributed by atoms with van der Waals surface area (Å²) in [6.07, 6.45) is 2.09. The molecule has 0 saturated carbocycles. The maximum atomic E-state index is 6.45. The van der Waals surface area contributed by atoms with Crippen LogP contribution < -0.4 is 0 Å². The molecule has 0 heterocycles. The zero-order valence-corrected chi connectivity index (χ0v) is 18.1. The van der Waals surface area contributed by atoms with Gasteiger partial charge in [0.2, 0.25) is 0 Å². The summed E-state index contributed by atoms with van der Waals surface area (Å²) >= 11 is 0. The van der Waals surface area contributed by atoms with Crippen LogP contribution in [-0.2, 0) is 13.6 Å². The summed E-state index contributed by atoms with van der Waals surface area (Å²) in [5.41, 5.74) is 0. The number of methoxy groups -OCH3 is 1. The normalized spacial score (nSPS) is 14.8. The molecular formula is C17H38O3Si2. The molecule has 0 amide bonds. The first-order valence-corrected chi connectivity index (χ1v) is 14.1. The molecule has 0 rings (SSSR count). The predicted octanol–water partition coefficient (Wildman–Crippen LogP) is 5.91. The Morgan fingerprint density at radius 3 is 1.55 bits per heavy atom. The van der Waals surface area contributed by atoms with Crippen molar-refractivity contribution in [3.63, 3.8) is 0 Å². The van der Waals surface area contributed by atoms with Crippen molar-refractivity contribution in [2.24, 2.45) is 0 Å². The lowest BCUT2D eigenvalue weighted by Gasteiger charge is -2.32. The zero-order chi connectivity index (χ0) is 17.2. The summed E-state index contributed by atoms with van der Waals surface area (Å²) < 4.78 is 18.3. The molecule has 1 unspecified atom stereocenters. The molecule has 0 aromatic heterocycles. The highest BCUT2D eigenvalue weighted by Gasteiger charge is 2.33. The van der Waals surface area contributed by atoms with E-state index in [-0.39, 0.29) is 6.10 Å². The van der Waals surface area contributed by atoms with E-state index in [1.807, 2.05) is 6.08 Å². The van der Waals surface area contributed by atoms with Crippen molar-refractivity contribution < 1.29 is 13.6 Å². The lowest BCUT2D eigenvalue weighted by atomic mass is 10.4. The third-order valence-corrected chi connectivity index (χ3v) is 14.4. The van der Waals surface area contributed by atoms with Gasteiger partial charge in [-0.25, -0.2) is 0 Å². The average Bonchev–Trinajstić information content (AvgIpc) is 2.56. The zero-order valence-electron chi connectivity index (χ0n) is 16.1. The Hall–Kier alpha value is -0.266. The second-order valence-electron chi connectivity index (χ2n) is 6.10. The average molecular weight is 347 g/mol. The van der Waals surface area contributed by atoms with E-state index >= 15 is 0 Å². The van der Waals surface area contributed by atoms with Gasteiger partial charge in [-0.15, -0.1) is 0 Å². The lowest BCUT2D eigenvalue weighted by molar-refractivity contribution is 0.133. The van der Waals surface area contributed by atoms with Gasteiger partial charge in [-0.3, -0.25) is 0 Å². The van der Waals surface area contributed by atoms with Crippen LogP contribution in [0.3, 0.4) is 0 Å². The van der Waals surface area contributed by atoms with Crippen LogP contribution in [0.4, 0.5) is 0 Å². The first-order valence-electron chi connectivity index (χ1n) is 9.02. The fourth-order valence-electron chi connectivity index (χ4n) is 2.94. The molecule has 5 heteroatoms. The highest BCUT2D eigenvalue weighted by molar-refractivity contribution is 6.74. The van der Waals surface area contributed by atoms with Gasteiger partial charge in [0, 0.05) is 6.08 Å². The van der Waals surface area contributed by atoms with Crippen molar-refractivity contribution in [3.05, 3.63) is 12.0 Å². The Labute approximate surface area is 140 Å². The van der Waals surface area contributed by atoms with E-state index in [4.69, 9.17) is 13.6 Å². The van der Waals surface area contributed by atoms with Crippen molar-refractivity contribution in [3.8, 4) is 0 Å². The minimum absolute atomic E-state index is 0.0544. The maximum Gasteiger partial charge on any atom is 0.263 e. The molecule has 0 aromatic rings. The second kappa shape index (κ2) is 10.5. The van der Waals surface area contributed by atoms with Crippen molar-refractivity contribution in [2.75, 3.05) is 7.11 Å². The van der Waals surface area contributed by atoms with Gasteiger partial charge in [-0.05, 0) is 43.2 Å². The standard InChI is InChI=1S/C17H38O3Si2/c1-9-21(10-2,11-3)19-16(7)15-17(18-8)20-22(12-4,13-5)14-6/h15-16H,9-14H2,1-8H3/b17-15+. The highest BCUT2D eigenvalue weighted by Crippen LogP contribution is 2.27. The summed E-state index contributed by atoms with van der Waals surface area (Å²) in [5.74, 6) is 0.663. The molecule has 0 saturated heterocycles. The van der Waals surface area contributed by atoms with Crippen molar-refractivity contribution in [2.45, 2.75) is 90.8 Å². The van der Waals surface area contributed by atoms with Gasteiger partial charge in [0.25, 0.3) is 14.3 Å². The molecule has 0 N–H and O–H groups in total. The second-order valence-corrected chi connectivity index (χ2v) is 15.5. The first-order chi connectivity index (χ1) is 10.4. The Morgan fingerprint density at radius 1 is 0.818 bits per heavy atom. The van der Waals surface area contributed by atoms with Gasteiger partial charge in [-0.1, -0.05) is 41.5 Å². The van der Waals surface area contributed by atoms with E-state index in [0.29, 0.717) is 5.95 Å². The van der Waals surface area contributed by atoms with Gasteiger partial charge in [0.1, 0.15) is 0 Å². The van der Waals surface area contributed by atoms with Gasteiger partial charge in [0.15, 0.2) is 8.32 Å². The van der Waals surface area contributed by atoms with E-state index < -0.39 is 16.6 Å². The molecule has 0 fully saturated rings. The summed E-state index contributed by atoms with van der Waals surface area (Å²) in [7, 11) is -1.58. The smallest absolute Gasteiger partial charge is 0.263 e. The Bertz CT molecular complexity index is 307. The molecule has 0 bridgehead atoms. The maximum absolute atomic E-state index is 6.45. The van der Waals surface area contributed by atoms with E-state index in [0.717, 1.165) is 18.1 Å². The number of hydrogen-bond acceptors (Lipinski definition) is 3. The number of ether oxygens (including phenoxy) is 1. The number of rotatable bonds is 12. The molecule has 0 radical (unpaired) electrons. The quantitative estimate of drug-likeness (QED) is 0.325. The van der Waals surface area contributed by atoms with E-state index in [9.17, 15) is 0 Å².